The van der Waals surface area contributed by atoms with Gasteiger partial charge in [0.05, 0.1) is 18.3 Å². The lowest BCUT2D eigenvalue weighted by molar-refractivity contribution is -0.130. The van der Waals surface area contributed by atoms with Gasteiger partial charge in [-0.25, -0.2) is 9.37 Å². The van der Waals surface area contributed by atoms with Crippen LogP contribution in [0.25, 0.3) is 0 Å². The Morgan fingerprint density at radius 2 is 2.04 bits per heavy atom. The lowest BCUT2D eigenvalue weighted by atomic mass is 10.2. The Hall–Kier alpha value is -2.28. The smallest absolute Gasteiger partial charge is 0.228 e. The van der Waals surface area contributed by atoms with Crippen molar-refractivity contribution in [2.24, 2.45) is 0 Å². The Bertz CT molecular complexity index is 710. The Balaban J connectivity index is 1.64. The van der Waals surface area contributed by atoms with Gasteiger partial charge in [-0.15, -0.1) is 0 Å². The minimum atomic E-state index is -0.389. The third-order valence-corrected chi connectivity index (χ3v) is 4.17. The number of rotatable bonds is 4. The Labute approximate surface area is 140 Å². The summed E-state index contributed by atoms with van der Waals surface area (Å²) in [5.74, 6) is 0.663. The third-order valence-electron chi connectivity index (χ3n) is 4.17. The van der Waals surface area contributed by atoms with Crippen LogP contribution in [0.5, 0.6) is 0 Å². The van der Waals surface area contributed by atoms with E-state index in [9.17, 15) is 9.18 Å². The highest BCUT2D eigenvalue weighted by Crippen LogP contribution is 2.14. The molecule has 0 saturated carbocycles. The van der Waals surface area contributed by atoms with Gasteiger partial charge in [-0.2, -0.15) is 0 Å². The van der Waals surface area contributed by atoms with Crippen LogP contribution < -0.4 is 0 Å². The van der Waals surface area contributed by atoms with Crippen molar-refractivity contribution in [1.82, 2.24) is 24.3 Å². The monoisotopic (exact) mass is 331 g/mol. The normalized spacial score (nSPS) is 14.6. The van der Waals surface area contributed by atoms with Gasteiger partial charge in [0.1, 0.15) is 11.6 Å². The maximum absolute atomic E-state index is 12.9. The van der Waals surface area contributed by atoms with E-state index in [0.717, 1.165) is 31.5 Å². The molecule has 0 bridgehead atoms. The van der Waals surface area contributed by atoms with Crippen LogP contribution in [0.3, 0.4) is 0 Å². The highest BCUT2D eigenvalue weighted by atomic mass is 19.1. The number of carbonyl (C=O) groups excluding carboxylic acids is 1. The van der Waals surface area contributed by atoms with Crippen LogP contribution >= 0.6 is 0 Å². The number of aromatic nitrogens is 3. The fourth-order valence-corrected chi connectivity index (χ4v) is 2.97. The molecular weight excluding hydrogens is 309 g/mol. The van der Waals surface area contributed by atoms with Gasteiger partial charge < -0.3 is 14.4 Å². The first kappa shape index (κ1) is 16.6. The molecule has 1 amide bonds. The zero-order valence-electron chi connectivity index (χ0n) is 14.1. The van der Waals surface area contributed by atoms with Crippen molar-refractivity contribution in [2.75, 3.05) is 27.2 Å². The highest BCUT2D eigenvalue weighted by molar-refractivity contribution is 5.78. The number of hydrogen-bond donors (Lipinski definition) is 0. The molecule has 3 heterocycles. The molecule has 0 saturated heterocycles. The molecule has 0 aliphatic carbocycles. The third kappa shape index (κ3) is 3.79. The van der Waals surface area contributed by atoms with Gasteiger partial charge in [0.15, 0.2) is 0 Å². The van der Waals surface area contributed by atoms with Gasteiger partial charge >= 0.3 is 0 Å². The van der Waals surface area contributed by atoms with E-state index in [1.807, 2.05) is 25.2 Å². The summed E-state index contributed by atoms with van der Waals surface area (Å²) in [4.78, 5) is 24.9. The van der Waals surface area contributed by atoms with Crippen molar-refractivity contribution in [2.45, 2.75) is 25.9 Å². The molecule has 24 heavy (non-hydrogen) atoms. The van der Waals surface area contributed by atoms with E-state index >= 15 is 0 Å². The number of fused-ring (bicyclic) bond motifs is 1. The maximum atomic E-state index is 12.9. The topological polar surface area (TPSA) is 54.3 Å². The molecule has 0 unspecified atom stereocenters. The summed E-state index contributed by atoms with van der Waals surface area (Å²) < 4.78 is 15.1. The summed E-state index contributed by atoms with van der Waals surface area (Å²) in [5, 5.41) is 0. The number of hydrogen-bond acceptors (Lipinski definition) is 4. The molecule has 7 heteroatoms. The van der Waals surface area contributed by atoms with Crippen molar-refractivity contribution in [3.8, 4) is 0 Å². The van der Waals surface area contributed by atoms with Crippen LogP contribution in [0.15, 0.2) is 24.5 Å². The molecule has 0 atom stereocenters. The van der Waals surface area contributed by atoms with Crippen LogP contribution in [0, 0.1) is 5.82 Å². The molecule has 0 spiro atoms. The first-order chi connectivity index (χ1) is 11.5. The number of halogens is 1. The summed E-state index contributed by atoms with van der Waals surface area (Å²) in [6.45, 7) is 2.89. The first-order valence-electron chi connectivity index (χ1n) is 8.09. The Morgan fingerprint density at radius 1 is 1.21 bits per heavy atom. The lowest BCUT2D eigenvalue weighted by Crippen LogP contribution is -2.35. The zero-order chi connectivity index (χ0) is 17.1. The SMILES string of the molecule is CN(C)Cc1cnc2n1CCN(C(=O)Cc1ccc(F)cn1)CC2. The summed E-state index contributed by atoms with van der Waals surface area (Å²) in [5.41, 5.74) is 1.76. The Morgan fingerprint density at radius 3 is 2.75 bits per heavy atom. The van der Waals surface area contributed by atoms with Crippen molar-refractivity contribution in [3.63, 3.8) is 0 Å². The first-order valence-corrected chi connectivity index (χ1v) is 8.09. The van der Waals surface area contributed by atoms with Crippen LogP contribution in [-0.4, -0.2) is 57.4 Å². The van der Waals surface area contributed by atoms with Crippen LogP contribution in [0.1, 0.15) is 17.2 Å². The highest BCUT2D eigenvalue weighted by Gasteiger charge is 2.21. The standard InChI is InChI=1S/C17H22FN5O/c1-21(2)12-15-11-20-16-5-6-22(7-8-23(15)16)17(24)9-14-4-3-13(18)10-19-14/h3-4,10-11H,5-9,12H2,1-2H3. The van der Waals surface area contributed by atoms with Crippen molar-refractivity contribution in [1.29, 1.82) is 0 Å². The number of nitrogens with zero attached hydrogens (tertiary/aromatic N) is 5. The van der Waals surface area contributed by atoms with E-state index in [1.54, 1.807) is 6.07 Å². The minimum absolute atomic E-state index is 0.0222. The van der Waals surface area contributed by atoms with Crippen LogP contribution in [0.4, 0.5) is 4.39 Å². The molecule has 1 aliphatic heterocycles. The van der Waals surface area contributed by atoms with Crippen molar-refractivity contribution >= 4 is 5.91 Å². The molecule has 1 aliphatic rings. The molecule has 128 valence electrons. The average Bonchev–Trinajstić information content (AvgIpc) is 2.78. The second kappa shape index (κ2) is 7.09. The van der Waals surface area contributed by atoms with Gasteiger partial charge in [-0.3, -0.25) is 9.78 Å². The van der Waals surface area contributed by atoms with E-state index < -0.39 is 0 Å². The number of imidazole rings is 1. The summed E-state index contributed by atoms with van der Waals surface area (Å²) in [6, 6.07) is 2.90. The van der Waals surface area contributed by atoms with Gasteiger partial charge in [0, 0.05) is 44.5 Å². The second-order valence-corrected chi connectivity index (χ2v) is 6.33. The second-order valence-electron chi connectivity index (χ2n) is 6.33. The maximum Gasteiger partial charge on any atom is 0.228 e. The van der Waals surface area contributed by atoms with E-state index in [0.29, 0.717) is 18.8 Å². The molecule has 0 aromatic carbocycles. The van der Waals surface area contributed by atoms with Gasteiger partial charge in [0.25, 0.3) is 0 Å². The fourth-order valence-electron chi connectivity index (χ4n) is 2.97. The van der Waals surface area contributed by atoms with Crippen LogP contribution in [0.2, 0.25) is 0 Å². The lowest BCUT2D eigenvalue weighted by Gasteiger charge is -2.20. The number of pyridine rings is 1. The average molecular weight is 331 g/mol. The summed E-state index contributed by atoms with van der Waals surface area (Å²) >= 11 is 0. The molecule has 0 fully saturated rings. The van der Waals surface area contributed by atoms with Gasteiger partial charge in [-0.05, 0) is 26.2 Å². The zero-order valence-corrected chi connectivity index (χ0v) is 14.1. The van der Waals surface area contributed by atoms with E-state index in [2.05, 4.69) is 19.4 Å². The van der Waals surface area contributed by atoms with Crippen LogP contribution in [-0.2, 0) is 30.7 Å². The fraction of sp³-hybridized carbons (Fsp3) is 0.471. The molecule has 0 radical (unpaired) electrons. The predicted molar refractivity (Wildman–Crippen MR) is 87.8 cm³/mol. The van der Waals surface area contributed by atoms with E-state index in [-0.39, 0.29) is 18.1 Å². The van der Waals surface area contributed by atoms with Crippen molar-refractivity contribution in [3.05, 3.63) is 47.6 Å². The predicted octanol–water partition coefficient (Wildman–Crippen LogP) is 1.11. The quantitative estimate of drug-likeness (QED) is 0.842. The molecule has 0 N–H and O–H groups in total. The minimum Gasteiger partial charge on any atom is -0.340 e. The van der Waals surface area contributed by atoms with E-state index in [1.165, 1.54) is 11.8 Å². The molecule has 6 nitrogen and oxygen atoms in total. The van der Waals surface area contributed by atoms with Crippen molar-refractivity contribution < 1.29 is 9.18 Å². The molecule has 2 aromatic rings. The molecule has 3 rings (SSSR count). The van der Waals surface area contributed by atoms with Gasteiger partial charge in [-0.1, -0.05) is 0 Å². The number of carbonyl (C=O) groups is 1. The summed E-state index contributed by atoms with van der Waals surface area (Å²) in [6.07, 6.45) is 4.02. The van der Waals surface area contributed by atoms with Gasteiger partial charge in [0.2, 0.25) is 5.91 Å². The largest absolute Gasteiger partial charge is 0.340 e. The molecular formula is C17H22FN5O. The summed E-state index contributed by atoms with van der Waals surface area (Å²) in [7, 11) is 4.06. The number of amides is 1. The molecule has 2 aromatic heterocycles. The van der Waals surface area contributed by atoms with E-state index in [4.69, 9.17) is 0 Å². The Kier molecular flexibility index (Phi) is 4.89.